The number of nitrogens with zero attached hydrogens (tertiary/aromatic N) is 2. The molecule has 1 aliphatic carbocycles. The Labute approximate surface area is 245 Å². The number of hydrogen-bond acceptors (Lipinski definition) is 6. The number of amides is 2. The Kier molecular flexibility index (Phi) is 13.5. The van der Waals surface area contributed by atoms with Crippen molar-refractivity contribution in [2.75, 3.05) is 34.5 Å². The minimum atomic E-state index is -0.277. The molecule has 0 saturated heterocycles. The highest BCUT2D eigenvalue weighted by Crippen LogP contribution is 2.39. The summed E-state index contributed by atoms with van der Waals surface area (Å²) in [6.45, 7) is 5.91. The first kappa shape index (κ1) is 32.4. The first-order valence-electron chi connectivity index (χ1n) is 15.3. The maximum atomic E-state index is 13.7. The van der Waals surface area contributed by atoms with E-state index in [1.165, 1.54) is 32.1 Å². The first-order chi connectivity index (χ1) is 19.9. The van der Waals surface area contributed by atoms with Crippen LogP contribution >= 0.6 is 0 Å². The molecule has 1 heterocycles. The van der Waals surface area contributed by atoms with Gasteiger partial charge in [-0.1, -0.05) is 64.9 Å². The van der Waals surface area contributed by atoms with Crippen molar-refractivity contribution in [2.45, 2.75) is 90.6 Å². The number of methoxy groups -OCH3 is 3. The molecule has 2 aromatic rings. The molecule has 228 valence electrons. The van der Waals surface area contributed by atoms with Crippen LogP contribution in [0.5, 0.6) is 11.5 Å². The van der Waals surface area contributed by atoms with E-state index in [9.17, 15) is 9.59 Å². The summed E-state index contributed by atoms with van der Waals surface area (Å²) in [5.74, 6) is 2.00. The van der Waals surface area contributed by atoms with Crippen LogP contribution < -0.4 is 20.1 Å². The summed E-state index contributed by atoms with van der Waals surface area (Å²) in [5.41, 5.74) is 1.86. The van der Waals surface area contributed by atoms with E-state index in [0.717, 1.165) is 36.9 Å². The van der Waals surface area contributed by atoms with Crippen LogP contribution in [0.1, 0.15) is 88.5 Å². The smallest absolute Gasteiger partial charge is 0.272 e. The van der Waals surface area contributed by atoms with E-state index < -0.39 is 0 Å². The molecule has 1 fully saturated rings. The number of benzene rings is 1. The van der Waals surface area contributed by atoms with Gasteiger partial charge in [-0.25, -0.2) is 0 Å². The van der Waals surface area contributed by atoms with Crippen molar-refractivity contribution in [3.05, 3.63) is 30.0 Å². The van der Waals surface area contributed by atoms with Crippen molar-refractivity contribution in [2.24, 2.45) is 11.8 Å². The topological polar surface area (TPSA) is 104 Å². The lowest BCUT2D eigenvalue weighted by Gasteiger charge is -2.24. The Morgan fingerprint density at radius 2 is 1.73 bits per heavy atom. The second kappa shape index (κ2) is 17.0. The van der Waals surface area contributed by atoms with Gasteiger partial charge in [0.15, 0.2) is 5.69 Å². The lowest BCUT2D eigenvalue weighted by atomic mass is 9.85. The summed E-state index contributed by atoms with van der Waals surface area (Å²) in [6, 6.07) is 7.19. The van der Waals surface area contributed by atoms with E-state index >= 15 is 0 Å². The van der Waals surface area contributed by atoms with Crippen LogP contribution in [0.4, 0.5) is 0 Å². The monoisotopic (exact) mass is 570 g/mol. The number of hydrogen-bond donors (Lipinski definition) is 2. The normalized spacial score (nSPS) is 14.6. The van der Waals surface area contributed by atoms with E-state index in [0.29, 0.717) is 48.7 Å². The standard InChI is InChI=1S/C32H50N4O5/c1-6-23(7-2)22-36-27(31-28(40-4)14-11-15-29(31)41-5)21-26(35-36)32(38)34-25(20-30(37)33-18-19-39-3)17-16-24-12-9-8-10-13-24/h11,14-15,21,23-25H,6-10,12-13,16-20,22H2,1-5H3,(H,33,37)(H,34,38)/t25-/m0/s1. The molecule has 41 heavy (non-hydrogen) atoms. The Morgan fingerprint density at radius 1 is 1.05 bits per heavy atom. The van der Waals surface area contributed by atoms with Gasteiger partial charge in [0, 0.05) is 32.7 Å². The van der Waals surface area contributed by atoms with Crippen molar-refractivity contribution in [3.8, 4) is 22.8 Å². The molecule has 1 saturated carbocycles. The molecule has 9 nitrogen and oxygen atoms in total. The van der Waals surface area contributed by atoms with E-state index in [1.807, 2.05) is 28.9 Å². The zero-order chi connectivity index (χ0) is 29.6. The third kappa shape index (κ3) is 9.48. The number of carbonyl (C=O) groups is 2. The molecular weight excluding hydrogens is 520 g/mol. The largest absolute Gasteiger partial charge is 0.496 e. The van der Waals surface area contributed by atoms with Crippen molar-refractivity contribution in [1.29, 1.82) is 0 Å². The maximum Gasteiger partial charge on any atom is 0.272 e. The van der Waals surface area contributed by atoms with Crippen LogP contribution in [0.2, 0.25) is 0 Å². The number of carbonyl (C=O) groups excluding carboxylic acids is 2. The molecule has 9 heteroatoms. The van der Waals surface area contributed by atoms with Crippen LogP contribution in [0, 0.1) is 11.8 Å². The first-order valence-corrected chi connectivity index (χ1v) is 15.3. The summed E-state index contributed by atoms with van der Waals surface area (Å²) in [6.07, 6.45) is 10.3. The number of nitrogens with one attached hydrogen (secondary N) is 2. The van der Waals surface area contributed by atoms with Crippen molar-refractivity contribution >= 4 is 11.8 Å². The molecule has 0 spiro atoms. The third-order valence-corrected chi connectivity index (χ3v) is 8.33. The van der Waals surface area contributed by atoms with Crippen molar-refractivity contribution in [1.82, 2.24) is 20.4 Å². The average Bonchev–Trinajstić information content (AvgIpc) is 3.42. The average molecular weight is 571 g/mol. The van der Waals surface area contributed by atoms with E-state index in [-0.39, 0.29) is 24.3 Å². The zero-order valence-corrected chi connectivity index (χ0v) is 25.7. The summed E-state index contributed by atoms with van der Waals surface area (Å²) >= 11 is 0. The van der Waals surface area contributed by atoms with Gasteiger partial charge in [-0.05, 0) is 42.9 Å². The Hall–Kier alpha value is -3.07. The van der Waals surface area contributed by atoms with Crippen molar-refractivity contribution < 1.29 is 23.8 Å². The van der Waals surface area contributed by atoms with Gasteiger partial charge in [0.25, 0.3) is 5.91 Å². The highest BCUT2D eigenvalue weighted by atomic mass is 16.5. The molecule has 0 unspecified atom stereocenters. The van der Waals surface area contributed by atoms with Gasteiger partial charge in [-0.15, -0.1) is 0 Å². The lowest BCUT2D eigenvalue weighted by molar-refractivity contribution is -0.121. The Bertz CT molecular complexity index is 1070. The van der Waals surface area contributed by atoms with E-state index in [4.69, 9.17) is 19.3 Å². The summed E-state index contributed by atoms with van der Waals surface area (Å²) in [7, 11) is 4.86. The van der Waals surface area contributed by atoms with Gasteiger partial charge >= 0.3 is 0 Å². The SMILES string of the molecule is CCC(CC)Cn1nc(C(=O)N[C@@H](CCC2CCCCC2)CC(=O)NCCOC)cc1-c1c(OC)cccc1OC. The predicted octanol–water partition coefficient (Wildman–Crippen LogP) is 5.62. The molecule has 0 radical (unpaired) electrons. The predicted molar refractivity (Wildman–Crippen MR) is 161 cm³/mol. The van der Waals surface area contributed by atoms with Crippen molar-refractivity contribution in [3.63, 3.8) is 0 Å². The molecule has 0 aliphatic heterocycles. The Balaban J connectivity index is 1.87. The summed E-state index contributed by atoms with van der Waals surface area (Å²) in [5, 5.41) is 10.8. The van der Waals surface area contributed by atoms with Gasteiger partial charge in [0.05, 0.1) is 32.1 Å². The van der Waals surface area contributed by atoms with Gasteiger partial charge in [-0.3, -0.25) is 14.3 Å². The molecule has 3 rings (SSSR count). The summed E-state index contributed by atoms with van der Waals surface area (Å²) < 4.78 is 18.3. The molecule has 1 aromatic carbocycles. The molecule has 2 N–H and O–H groups in total. The Morgan fingerprint density at radius 3 is 2.34 bits per heavy atom. The van der Waals surface area contributed by atoms with Crippen LogP contribution in [0.15, 0.2) is 24.3 Å². The minimum absolute atomic E-state index is 0.0882. The minimum Gasteiger partial charge on any atom is -0.496 e. The lowest BCUT2D eigenvalue weighted by Crippen LogP contribution is -2.40. The zero-order valence-electron chi connectivity index (χ0n) is 25.7. The molecule has 1 aromatic heterocycles. The molecular formula is C32H50N4O5. The van der Waals surface area contributed by atoms with E-state index in [2.05, 4.69) is 24.5 Å². The fourth-order valence-electron chi connectivity index (χ4n) is 5.75. The second-order valence-corrected chi connectivity index (χ2v) is 11.1. The molecule has 2 amide bonds. The fraction of sp³-hybridized carbons (Fsp3) is 0.656. The van der Waals surface area contributed by atoms with Crippen LogP contribution in [0.25, 0.3) is 11.3 Å². The molecule has 1 aliphatic rings. The highest BCUT2D eigenvalue weighted by Gasteiger charge is 2.25. The summed E-state index contributed by atoms with van der Waals surface area (Å²) in [4.78, 5) is 26.4. The number of rotatable bonds is 17. The third-order valence-electron chi connectivity index (χ3n) is 8.33. The fourth-order valence-corrected chi connectivity index (χ4v) is 5.75. The van der Waals surface area contributed by atoms with Gasteiger partial charge in [-0.2, -0.15) is 5.10 Å². The van der Waals surface area contributed by atoms with Gasteiger partial charge < -0.3 is 24.8 Å². The van der Waals surface area contributed by atoms with Gasteiger partial charge in [0.2, 0.25) is 5.91 Å². The maximum absolute atomic E-state index is 13.7. The highest BCUT2D eigenvalue weighted by molar-refractivity contribution is 5.94. The molecule has 1 atom stereocenters. The quantitative estimate of drug-likeness (QED) is 0.240. The van der Waals surface area contributed by atoms with Crippen LogP contribution in [0.3, 0.4) is 0 Å². The van der Waals surface area contributed by atoms with Gasteiger partial charge in [0.1, 0.15) is 11.5 Å². The molecule has 0 bridgehead atoms. The number of aromatic nitrogens is 2. The van der Waals surface area contributed by atoms with E-state index in [1.54, 1.807) is 21.3 Å². The van der Waals surface area contributed by atoms with Crippen LogP contribution in [-0.4, -0.2) is 62.1 Å². The number of ether oxygens (including phenoxy) is 3. The second-order valence-electron chi connectivity index (χ2n) is 11.1. The van der Waals surface area contributed by atoms with Crippen LogP contribution in [-0.2, 0) is 16.1 Å².